The van der Waals surface area contributed by atoms with E-state index in [4.69, 9.17) is 4.42 Å². The van der Waals surface area contributed by atoms with E-state index in [0.717, 1.165) is 33.4 Å². The van der Waals surface area contributed by atoms with Crippen LogP contribution in [0.25, 0.3) is 22.0 Å². The Morgan fingerprint density at radius 1 is 1.25 bits per heavy atom. The van der Waals surface area contributed by atoms with Crippen LogP contribution >= 0.6 is 0 Å². The quantitative estimate of drug-likeness (QED) is 0.554. The molecule has 0 aliphatic carbocycles. The number of aryl methyl sites for hydroxylation is 2. The van der Waals surface area contributed by atoms with Gasteiger partial charge in [-0.1, -0.05) is 26.0 Å². The fourth-order valence-electron chi connectivity index (χ4n) is 3.77. The number of imidazole rings is 1. The molecule has 5 heteroatoms. The van der Waals surface area contributed by atoms with Crippen molar-refractivity contribution in [1.82, 2.24) is 14.9 Å². The third kappa shape index (κ3) is 3.28. The molecular formula is C23H25N3O2. The Hall–Kier alpha value is -3.08. The topological polar surface area (TPSA) is 60.1 Å². The van der Waals surface area contributed by atoms with E-state index in [-0.39, 0.29) is 12.3 Å². The van der Waals surface area contributed by atoms with Crippen molar-refractivity contribution < 1.29 is 9.21 Å². The molecule has 0 saturated carbocycles. The molecule has 0 fully saturated rings. The fourth-order valence-corrected chi connectivity index (χ4v) is 3.77. The predicted octanol–water partition coefficient (Wildman–Crippen LogP) is 4.61. The summed E-state index contributed by atoms with van der Waals surface area (Å²) in [6.07, 6.45) is 1.99. The van der Waals surface area contributed by atoms with Gasteiger partial charge in [0, 0.05) is 18.0 Å². The van der Waals surface area contributed by atoms with Crippen molar-refractivity contribution in [3.8, 4) is 0 Å². The van der Waals surface area contributed by atoms with Crippen LogP contribution in [0.5, 0.6) is 0 Å². The second-order valence-corrected chi connectivity index (χ2v) is 7.65. The minimum atomic E-state index is -0.0403. The Morgan fingerprint density at radius 3 is 2.79 bits per heavy atom. The van der Waals surface area contributed by atoms with Gasteiger partial charge in [-0.15, -0.1) is 0 Å². The number of carbonyl (C=O) groups excluding carboxylic acids is 1. The lowest BCUT2D eigenvalue weighted by Gasteiger charge is -2.10. The third-order valence-corrected chi connectivity index (χ3v) is 5.34. The van der Waals surface area contributed by atoms with Crippen LogP contribution in [-0.2, 0) is 24.8 Å². The summed E-state index contributed by atoms with van der Waals surface area (Å²) in [6, 6.07) is 12.2. The fraction of sp³-hybridized carbons (Fsp3) is 0.304. The molecule has 0 bridgehead atoms. The molecule has 0 saturated heterocycles. The van der Waals surface area contributed by atoms with Crippen molar-refractivity contribution in [2.45, 2.75) is 39.7 Å². The molecular weight excluding hydrogens is 350 g/mol. The van der Waals surface area contributed by atoms with Crippen molar-refractivity contribution in [1.29, 1.82) is 0 Å². The van der Waals surface area contributed by atoms with Gasteiger partial charge in [-0.3, -0.25) is 4.79 Å². The van der Waals surface area contributed by atoms with E-state index in [9.17, 15) is 4.79 Å². The lowest BCUT2D eigenvalue weighted by molar-refractivity contribution is -0.120. The SMILES string of the molecule is Cc1cc2occ(CC(=O)NCc3nc4ccccc4n3C)c2cc1C(C)C. The zero-order valence-corrected chi connectivity index (χ0v) is 16.7. The molecule has 0 unspecified atom stereocenters. The van der Waals surface area contributed by atoms with Crippen LogP contribution in [0.1, 0.15) is 42.3 Å². The van der Waals surface area contributed by atoms with E-state index in [1.54, 1.807) is 6.26 Å². The second kappa shape index (κ2) is 7.15. The van der Waals surface area contributed by atoms with Gasteiger partial charge in [0.1, 0.15) is 11.4 Å². The van der Waals surface area contributed by atoms with Crippen LogP contribution in [0.4, 0.5) is 0 Å². The van der Waals surface area contributed by atoms with Crippen molar-refractivity contribution in [3.05, 3.63) is 65.2 Å². The number of fused-ring (bicyclic) bond motifs is 2. The van der Waals surface area contributed by atoms with E-state index >= 15 is 0 Å². The highest BCUT2D eigenvalue weighted by atomic mass is 16.3. The number of aromatic nitrogens is 2. The molecule has 2 aromatic heterocycles. The molecule has 0 radical (unpaired) electrons. The molecule has 0 spiro atoms. The lowest BCUT2D eigenvalue weighted by Crippen LogP contribution is -2.25. The first-order chi connectivity index (χ1) is 13.4. The Labute approximate surface area is 164 Å². The number of hydrogen-bond acceptors (Lipinski definition) is 3. The summed E-state index contributed by atoms with van der Waals surface area (Å²) in [5.74, 6) is 1.23. The normalized spacial score (nSPS) is 11.6. The molecule has 4 aromatic rings. The summed E-state index contributed by atoms with van der Waals surface area (Å²) in [5.41, 5.74) is 6.25. The van der Waals surface area contributed by atoms with Gasteiger partial charge in [-0.05, 0) is 48.2 Å². The standard InChI is InChI=1S/C23H25N3O2/c1-14(2)17-11-18-16(13-28-21(18)9-15(17)3)10-23(27)24-12-22-25-19-7-5-6-8-20(19)26(22)4/h5-9,11,13-14H,10,12H2,1-4H3,(H,24,27). The molecule has 0 aliphatic rings. The van der Waals surface area contributed by atoms with Crippen molar-refractivity contribution in [3.63, 3.8) is 0 Å². The van der Waals surface area contributed by atoms with Crippen molar-refractivity contribution in [2.75, 3.05) is 0 Å². The average molecular weight is 375 g/mol. The Bertz CT molecular complexity index is 1170. The highest BCUT2D eigenvalue weighted by molar-refractivity contribution is 5.88. The number of nitrogens with zero attached hydrogens (tertiary/aromatic N) is 2. The summed E-state index contributed by atoms with van der Waals surface area (Å²) in [7, 11) is 1.97. The zero-order valence-electron chi connectivity index (χ0n) is 16.7. The van der Waals surface area contributed by atoms with Crippen LogP contribution in [0, 0.1) is 6.92 Å². The molecule has 144 valence electrons. The molecule has 2 aromatic carbocycles. The smallest absolute Gasteiger partial charge is 0.224 e. The maximum Gasteiger partial charge on any atom is 0.224 e. The highest BCUT2D eigenvalue weighted by Gasteiger charge is 2.15. The van der Waals surface area contributed by atoms with Gasteiger partial charge < -0.3 is 14.3 Å². The van der Waals surface area contributed by atoms with Gasteiger partial charge >= 0.3 is 0 Å². The number of benzene rings is 2. The van der Waals surface area contributed by atoms with Gasteiger partial charge in [0.15, 0.2) is 0 Å². The van der Waals surface area contributed by atoms with Crippen LogP contribution in [-0.4, -0.2) is 15.5 Å². The van der Waals surface area contributed by atoms with E-state index in [1.807, 2.05) is 35.9 Å². The minimum absolute atomic E-state index is 0.0403. The molecule has 28 heavy (non-hydrogen) atoms. The van der Waals surface area contributed by atoms with Crippen molar-refractivity contribution >= 4 is 27.9 Å². The Balaban J connectivity index is 1.50. The number of para-hydroxylation sites is 2. The summed E-state index contributed by atoms with van der Waals surface area (Å²) >= 11 is 0. The van der Waals surface area contributed by atoms with Crippen molar-refractivity contribution in [2.24, 2.45) is 7.05 Å². The number of nitrogens with one attached hydrogen (secondary N) is 1. The molecule has 4 rings (SSSR count). The first-order valence-corrected chi connectivity index (χ1v) is 9.61. The van der Waals surface area contributed by atoms with Gasteiger partial charge in [0.05, 0.1) is 30.3 Å². The number of carbonyl (C=O) groups is 1. The molecule has 0 aliphatic heterocycles. The minimum Gasteiger partial charge on any atom is -0.464 e. The van der Waals surface area contributed by atoms with Crippen LogP contribution < -0.4 is 5.32 Å². The summed E-state index contributed by atoms with van der Waals surface area (Å²) in [5, 5.41) is 4.01. The number of furan rings is 1. The number of amides is 1. The summed E-state index contributed by atoms with van der Waals surface area (Å²) in [4.78, 5) is 17.2. The van der Waals surface area contributed by atoms with Gasteiger partial charge in [-0.2, -0.15) is 0 Å². The van der Waals surface area contributed by atoms with Gasteiger partial charge in [0.2, 0.25) is 5.91 Å². The highest BCUT2D eigenvalue weighted by Crippen LogP contribution is 2.29. The first kappa shape index (κ1) is 18.3. The van der Waals surface area contributed by atoms with Crippen LogP contribution in [0.3, 0.4) is 0 Å². The van der Waals surface area contributed by atoms with Gasteiger partial charge in [-0.25, -0.2) is 4.98 Å². The first-order valence-electron chi connectivity index (χ1n) is 9.61. The van der Waals surface area contributed by atoms with Gasteiger partial charge in [0.25, 0.3) is 0 Å². The Morgan fingerprint density at radius 2 is 2.04 bits per heavy atom. The average Bonchev–Trinajstić information content (AvgIpc) is 3.20. The summed E-state index contributed by atoms with van der Waals surface area (Å²) < 4.78 is 7.71. The number of rotatable bonds is 5. The monoisotopic (exact) mass is 375 g/mol. The molecule has 1 amide bonds. The third-order valence-electron chi connectivity index (χ3n) is 5.34. The largest absolute Gasteiger partial charge is 0.464 e. The van der Waals surface area contributed by atoms with E-state index in [2.05, 4.69) is 43.2 Å². The van der Waals surface area contributed by atoms with Crippen LogP contribution in [0.2, 0.25) is 0 Å². The van der Waals surface area contributed by atoms with E-state index in [1.165, 1.54) is 11.1 Å². The summed E-state index contributed by atoms with van der Waals surface area (Å²) in [6.45, 7) is 6.85. The second-order valence-electron chi connectivity index (χ2n) is 7.65. The zero-order chi connectivity index (χ0) is 19.8. The number of hydrogen-bond donors (Lipinski definition) is 1. The maximum absolute atomic E-state index is 12.5. The Kier molecular flexibility index (Phi) is 4.67. The lowest BCUT2D eigenvalue weighted by atomic mass is 9.95. The molecule has 1 N–H and O–H groups in total. The molecule has 0 atom stereocenters. The van der Waals surface area contributed by atoms with Crippen LogP contribution in [0.15, 0.2) is 47.1 Å². The molecule has 2 heterocycles. The predicted molar refractivity (Wildman–Crippen MR) is 111 cm³/mol. The van der Waals surface area contributed by atoms with E-state index < -0.39 is 0 Å². The van der Waals surface area contributed by atoms with E-state index in [0.29, 0.717) is 12.5 Å². The molecule has 5 nitrogen and oxygen atoms in total. The maximum atomic E-state index is 12.5.